The summed E-state index contributed by atoms with van der Waals surface area (Å²) in [5, 5.41) is 11.2. The van der Waals surface area contributed by atoms with Gasteiger partial charge in [-0.3, -0.25) is 14.2 Å². The summed E-state index contributed by atoms with van der Waals surface area (Å²) in [6, 6.07) is 8.24. The fourth-order valence-corrected chi connectivity index (χ4v) is 2.43. The van der Waals surface area contributed by atoms with E-state index >= 15 is 0 Å². The highest BCUT2D eigenvalue weighted by atomic mass is 35.5. The van der Waals surface area contributed by atoms with Gasteiger partial charge in [-0.1, -0.05) is 29.8 Å². The molecule has 0 saturated carbocycles. The van der Waals surface area contributed by atoms with E-state index in [0.717, 1.165) is 5.69 Å². The highest BCUT2D eigenvalue weighted by Gasteiger charge is 2.13. The predicted octanol–water partition coefficient (Wildman–Crippen LogP) is 2.87. The van der Waals surface area contributed by atoms with Gasteiger partial charge < -0.3 is 5.32 Å². The van der Waals surface area contributed by atoms with E-state index in [9.17, 15) is 9.18 Å². The van der Waals surface area contributed by atoms with Gasteiger partial charge in [0.25, 0.3) is 0 Å². The minimum Gasteiger partial charge on any atom is -0.306 e. The van der Waals surface area contributed by atoms with Crippen molar-refractivity contribution in [3.8, 4) is 0 Å². The zero-order chi connectivity index (χ0) is 17.1. The molecule has 0 atom stereocenters. The van der Waals surface area contributed by atoms with Gasteiger partial charge >= 0.3 is 0 Å². The zero-order valence-corrected chi connectivity index (χ0v) is 13.7. The second-order valence-electron chi connectivity index (χ2n) is 5.29. The van der Waals surface area contributed by atoms with Crippen LogP contribution < -0.4 is 5.32 Å². The van der Waals surface area contributed by atoms with Gasteiger partial charge in [-0.05, 0) is 19.1 Å². The molecule has 0 unspecified atom stereocenters. The second-order valence-corrected chi connectivity index (χ2v) is 5.70. The van der Waals surface area contributed by atoms with Crippen LogP contribution in [0.4, 0.5) is 10.2 Å². The van der Waals surface area contributed by atoms with Gasteiger partial charge in [-0.2, -0.15) is 10.2 Å². The lowest BCUT2D eigenvalue weighted by atomic mass is 10.2. The van der Waals surface area contributed by atoms with Crippen molar-refractivity contribution >= 4 is 23.3 Å². The molecule has 3 aromatic rings. The number of aryl methyl sites for hydroxylation is 1. The molecule has 2 heterocycles. The van der Waals surface area contributed by atoms with Gasteiger partial charge in [-0.15, -0.1) is 0 Å². The first-order chi connectivity index (χ1) is 11.5. The summed E-state index contributed by atoms with van der Waals surface area (Å²) in [4.78, 5) is 12.1. The van der Waals surface area contributed by atoms with E-state index in [-0.39, 0.29) is 35.7 Å². The molecule has 8 heteroatoms. The molecule has 1 amide bonds. The Morgan fingerprint density at radius 3 is 2.83 bits per heavy atom. The van der Waals surface area contributed by atoms with E-state index in [0.29, 0.717) is 5.56 Å². The molecule has 24 heavy (non-hydrogen) atoms. The fraction of sp³-hybridized carbons (Fsp3) is 0.188. The van der Waals surface area contributed by atoms with Crippen LogP contribution in [0.3, 0.4) is 0 Å². The Bertz CT molecular complexity index is 873. The fourth-order valence-electron chi connectivity index (χ4n) is 2.24. The lowest BCUT2D eigenvalue weighted by Crippen LogP contribution is -2.20. The number of benzene rings is 1. The van der Waals surface area contributed by atoms with Crippen LogP contribution in [0.15, 0.2) is 42.7 Å². The second kappa shape index (κ2) is 6.84. The summed E-state index contributed by atoms with van der Waals surface area (Å²) < 4.78 is 16.7. The molecular weight excluding hydrogens is 333 g/mol. The van der Waals surface area contributed by atoms with Gasteiger partial charge in [0.05, 0.1) is 6.54 Å². The van der Waals surface area contributed by atoms with Crippen LogP contribution in [0, 0.1) is 12.7 Å². The van der Waals surface area contributed by atoms with Crippen molar-refractivity contribution in [3.63, 3.8) is 0 Å². The van der Waals surface area contributed by atoms with E-state index in [2.05, 4.69) is 15.5 Å². The van der Waals surface area contributed by atoms with Crippen molar-refractivity contribution < 1.29 is 9.18 Å². The van der Waals surface area contributed by atoms with Crippen molar-refractivity contribution in [2.45, 2.75) is 20.0 Å². The largest absolute Gasteiger partial charge is 0.306 e. The number of hydrogen-bond donors (Lipinski definition) is 1. The average Bonchev–Trinajstić information content (AvgIpc) is 3.08. The molecule has 1 N–H and O–H groups in total. The summed E-state index contributed by atoms with van der Waals surface area (Å²) >= 11 is 6.09. The predicted molar refractivity (Wildman–Crippen MR) is 88.3 cm³/mol. The standard InChI is InChI=1S/C16H15ClFN5O/c1-11-6-7-19-23(11)10-15(24)20-16-13(17)9-22(21-16)8-12-4-2-3-5-14(12)18/h2-7,9H,8,10H2,1H3,(H,20,21,24). The summed E-state index contributed by atoms with van der Waals surface area (Å²) in [6.07, 6.45) is 3.17. The lowest BCUT2D eigenvalue weighted by Gasteiger charge is -2.05. The Kier molecular flexibility index (Phi) is 4.61. The van der Waals surface area contributed by atoms with Gasteiger partial charge in [0, 0.05) is 23.7 Å². The third-order valence-electron chi connectivity index (χ3n) is 3.49. The Morgan fingerprint density at radius 2 is 2.12 bits per heavy atom. The van der Waals surface area contributed by atoms with E-state index in [1.54, 1.807) is 35.3 Å². The van der Waals surface area contributed by atoms with Crippen molar-refractivity contribution in [1.29, 1.82) is 0 Å². The van der Waals surface area contributed by atoms with Crippen molar-refractivity contribution in [2.75, 3.05) is 5.32 Å². The van der Waals surface area contributed by atoms with E-state index < -0.39 is 0 Å². The minimum absolute atomic E-state index is 0.0648. The molecule has 6 nitrogen and oxygen atoms in total. The molecule has 0 saturated heterocycles. The SMILES string of the molecule is Cc1ccnn1CC(=O)Nc1nn(Cc2ccccc2F)cc1Cl. The van der Waals surface area contributed by atoms with Gasteiger partial charge in [-0.25, -0.2) is 4.39 Å². The zero-order valence-electron chi connectivity index (χ0n) is 12.9. The van der Waals surface area contributed by atoms with E-state index in [1.165, 1.54) is 10.7 Å². The summed E-state index contributed by atoms with van der Waals surface area (Å²) in [7, 11) is 0. The number of carbonyl (C=O) groups excluding carboxylic acids is 1. The van der Waals surface area contributed by atoms with Crippen LogP contribution >= 0.6 is 11.6 Å². The smallest absolute Gasteiger partial charge is 0.247 e. The molecular formula is C16H15ClFN5O. The third kappa shape index (κ3) is 3.62. The number of nitrogens with zero attached hydrogens (tertiary/aromatic N) is 4. The summed E-state index contributed by atoms with van der Waals surface area (Å²) in [5.74, 6) is -0.369. The van der Waals surface area contributed by atoms with E-state index in [1.807, 2.05) is 13.0 Å². The third-order valence-corrected chi connectivity index (χ3v) is 3.76. The Balaban J connectivity index is 1.69. The first-order valence-electron chi connectivity index (χ1n) is 7.27. The minimum atomic E-state index is -0.316. The monoisotopic (exact) mass is 347 g/mol. The maximum absolute atomic E-state index is 13.7. The number of halogens is 2. The molecule has 0 fully saturated rings. The Morgan fingerprint density at radius 1 is 1.33 bits per heavy atom. The quantitative estimate of drug-likeness (QED) is 0.771. The van der Waals surface area contributed by atoms with E-state index in [4.69, 9.17) is 11.6 Å². The van der Waals surface area contributed by atoms with Crippen molar-refractivity contribution in [2.24, 2.45) is 0 Å². The number of amides is 1. The molecule has 2 aromatic heterocycles. The number of aromatic nitrogens is 4. The first-order valence-corrected chi connectivity index (χ1v) is 7.65. The van der Waals surface area contributed by atoms with Crippen LogP contribution in [0.2, 0.25) is 5.02 Å². The van der Waals surface area contributed by atoms with Crippen LogP contribution in [0.1, 0.15) is 11.3 Å². The molecule has 124 valence electrons. The molecule has 1 aromatic carbocycles. The normalized spacial score (nSPS) is 10.8. The van der Waals surface area contributed by atoms with Crippen LogP contribution in [-0.2, 0) is 17.9 Å². The molecule has 0 aliphatic heterocycles. The van der Waals surface area contributed by atoms with Gasteiger partial charge in [0.1, 0.15) is 17.4 Å². The number of hydrogen-bond acceptors (Lipinski definition) is 3. The molecule has 3 rings (SSSR count). The Labute approximate surface area is 142 Å². The molecule has 0 aliphatic rings. The van der Waals surface area contributed by atoms with Crippen LogP contribution in [0.5, 0.6) is 0 Å². The van der Waals surface area contributed by atoms with Crippen LogP contribution in [0.25, 0.3) is 0 Å². The number of anilines is 1. The lowest BCUT2D eigenvalue weighted by molar-refractivity contribution is -0.117. The van der Waals surface area contributed by atoms with Crippen molar-refractivity contribution in [1.82, 2.24) is 19.6 Å². The summed E-state index contributed by atoms with van der Waals surface area (Å²) in [6.45, 7) is 2.15. The molecule has 0 spiro atoms. The maximum Gasteiger partial charge on any atom is 0.247 e. The number of rotatable bonds is 5. The van der Waals surface area contributed by atoms with Gasteiger partial charge in [0.2, 0.25) is 5.91 Å². The number of carbonyl (C=O) groups is 1. The highest BCUT2D eigenvalue weighted by Crippen LogP contribution is 2.20. The Hall–Kier alpha value is -2.67. The summed E-state index contributed by atoms with van der Waals surface area (Å²) in [5.41, 5.74) is 1.36. The first kappa shape index (κ1) is 16.2. The number of nitrogens with one attached hydrogen (secondary N) is 1. The molecule has 0 bridgehead atoms. The highest BCUT2D eigenvalue weighted by molar-refractivity contribution is 6.33. The molecule has 0 radical (unpaired) electrons. The van der Waals surface area contributed by atoms with Gasteiger partial charge in [0.15, 0.2) is 5.82 Å². The average molecular weight is 348 g/mol. The topological polar surface area (TPSA) is 64.7 Å². The van der Waals surface area contributed by atoms with Crippen LogP contribution in [-0.4, -0.2) is 25.5 Å². The maximum atomic E-state index is 13.7. The molecule has 0 aliphatic carbocycles. The van der Waals surface area contributed by atoms with Crippen molar-refractivity contribution in [3.05, 3.63) is 64.8 Å².